The van der Waals surface area contributed by atoms with E-state index < -0.39 is 0 Å². The molecule has 1 unspecified atom stereocenters. The molecule has 1 rings (SSSR count). The Labute approximate surface area is 102 Å². The van der Waals surface area contributed by atoms with Crippen molar-refractivity contribution in [1.82, 2.24) is 0 Å². The van der Waals surface area contributed by atoms with Gasteiger partial charge in [0, 0.05) is 18.8 Å². The predicted octanol–water partition coefficient (Wildman–Crippen LogP) is 2.30. The molecule has 0 heterocycles. The maximum atomic E-state index is 13.1. The minimum absolute atomic E-state index is 0.180. The van der Waals surface area contributed by atoms with E-state index in [1.165, 1.54) is 6.07 Å². The van der Waals surface area contributed by atoms with E-state index in [-0.39, 0.29) is 11.9 Å². The number of aryl methyl sites for hydroxylation is 1. The molecule has 0 amide bonds. The molecule has 3 N–H and O–H groups in total. The molecule has 1 aromatic carbocycles. The molecule has 0 saturated heterocycles. The summed E-state index contributed by atoms with van der Waals surface area (Å²) in [6.45, 7) is 3.05. The van der Waals surface area contributed by atoms with Crippen LogP contribution in [0.4, 0.5) is 10.1 Å². The van der Waals surface area contributed by atoms with Crippen LogP contribution < -0.4 is 11.1 Å². The van der Waals surface area contributed by atoms with E-state index in [2.05, 4.69) is 5.32 Å². The van der Waals surface area contributed by atoms with E-state index in [0.29, 0.717) is 18.7 Å². The average molecular weight is 240 g/mol. The van der Waals surface area contributed by atoms with Gasteiger partial charge < -0.3 is 15.8 Å². The van der Waals surface area contributed by atoms with Gasteiger partial charge in [-0.3, -0.25) is 0 Å². The fraction of sp³-hybridized carbons (Fsp3) is 0.538. The van der Waals surface area contributed by atoms with Crippen molar-refractivity contribution in [2.45, 2.75) is 25.8 Å². The lowest BCUT2D eigenvalue weighted by Crippen LogP contribution is -2.25. The van der Waals surface area contributed by atoms with Crippen LogP contribution in [0.1, 0.15) is 18.4 Å². The highest BCUT2D eigenvalue weighted by molar-refractivity contribution is 5.46. The molecule has 0 aromatic heterocycles. The summed E-state index contributed by atoms with van der Waals surface area (Å²) >= 11 is 0. The number of benzene rings is 1. The van der Waals surface area contributed by atoms with Crippen LogP contribution in [0.25, 0.3) is 0 Å². The van der Waals surface area contributed by atoms with Gasteiger partial charge in [0.15, 0.2) is 0 Å². The van der Waals surface area contributed by atoms with Gasteiger partial charge in [-0.2, -0.15) is 0 Å². The molecular formula is C13H21FN2O. The molecule has 3 nitrogen and oxygen atoms in total. The third-order valence-corrected chi connectivity index (χ3v) is 2.65. The summed E-state index contributed by atoms with van der Waals surface area (Å²) in [5, 5.41) is 3.34. The third kappa shape index (κ3) is 4.71. The molecule has 0 saturated carbocycles. The van der Waals surface area contributed by atoms with Gasteiger partial charge in [0.05, 0.1) is 6.61 Å². The fourth-order valence-corrected chi connectivity index (χ4v) is 1.73. The van der Waals surface area contributed by atoms with E-state index >= 15 is 0 Å². The minimum atomic E-state index is -0.180. The molecule has 0 fully saturated rings. The van der Waals surface area contributed by atoms with E-state index in [1.807, 2.05) is 0 Å². The second-order valence-electron chi connectivity index (χ2n) is 4.19. The summed E-state index contributed by atoms with van der Waals surface area (Å²) in [6, 6.07) is 5.24. The van der Waals surface area contributed by atoms with Crippen LogP contribution in [-0.2, 0) is 4.74 Å². The lowest BCUT2D eigenvalue weighted by molar-refractivity contribution is 0.182. The average Bonchev–Trinajstić information content (AvgIpc) is 2.31. The summed E-state index contributed by atoms with van der Waals surface area (Å²) in [5.74, 6) is -0.180. The Morgan fingerprint density at radius 1 is 1.47 bits per heavy atom. The Morgan fingerprint density at radius 3 is 2.82 bits per heavy atom. The van der Waals surface area contributed by atoms with Gasteiger partial charge in [-0.1, -0.05) is 0 Å². The summed E-state index contributed by atoms with van der Waals surface area (Å²) in [4.78, 5) is 0. The Kier molecular flexibility index (Phi) is 5.94. The molecule has 4 heteroatoms. The molecule has 1 aromatic rings. The van der Waals surface area contributed by atoms with Crippen LogP contribution in [0.2, 0.25) is 0 Å². The normalized spacial score (nSPS) is 12.5. The smallest absolute Gasteiger partial charge is 0.126 e. The largest absolute Gasteiger partial charge is 0.383 e. The number of hydrogen-bond acceptors (Lipinski definition) is 3. The molecule has 0 spiro atoms. The van der Waals surface area contributed by atoms with Crippen molar-refractivity contribution in [3.63, 3.8) is 0 Å². The van der Waals surface area contributed by atoms with E-state index in [4.69, 9.17) is 10.5 Å². The summed E-state index contributed by atoms with van der Waals surface area (Å²) in [7, 11) is 1.67. The molecule has 0 radical (unpaired) electrons. The van der Waals surface area contributed by atoms with Crippen molar-refractivity contribution in [3.8, 4) is 0 Å². The first-order chi connectivity index (χ1) is 8.17. The molecule has 0 aliphatic carbocycles. The molecule has 17 heavy (non-hydrogen) atoms. The quantitative estimate of drug-likeness (QED) is 0.768. The SMILES string of the molecule is COCC(CCCN)Nc1ccc(F)c(C)c1. The second-order valence-corrected chi connectivity index (χ2v) is 4.19. The highest BCUT2D eigenvalue weighted by Gasteiger charge is 2.08. The zero-order chi connectivity index (χ0) is 12.7. The van der Waals surface area contributed by atoms with Crippen LogP contribution in [0.5, 0.6) is 0 Å². The van der Waals surface area contributed by atoms with Crippen LogP contribution in [0, 0.1) is 12.7 Å². The first kappa shape index (κ1) is 13.9. The van der Waals surface area contributed by atoms with Gasteiger partial charge >= 0.3 is 0 Å². The Bertz CT molecular complexity index is 344. The molecule has 0 aliphatic heterocycles. The fourth-order valence-electron chi connectivity index (χ4n) is 1.73. The Morgan fingerprint density at radius 2 is 2.24 bits per heavy atom. The summed E-state index contributed by atoms with van der Waals surface area (Å²) in [5.41, 5.74) is 7.06. The molecule has 1 atom stereocenters. The standard InChI is InChI=1S/C13H21FN2O/c1-10-8-11(5-6-13(10)14)16-12(9-17-2)4-3-7-15/h5-6,8,12,16H,3-4,7,9,15H2,1-2H3. The molecular weight excluding hydrogens is 219 g/mol. The first-order valence-electron chi connectivity index (χ1n) is 5.89. The topological polar surface area (TPSA) is 47.3 Å². The highest BCUT2D eigenvalue weighted by atomic mass is 19.1. The van der Waals surface area contributed by atoms with Gasteiger partial charge in [0.25, 0.3) is 0 Å². The van der Waals surface area contributed by atoms with Crippen molar-refractivity contribution in [2.24, 2.45) is 5.73 Å². The third-order valence-electron chi connectivity index (χ3n) is 2.65. The Balaban J connectivity index is 2.61. The summed E-state index contributed by atoms with van der Waals surface area (Å²) < 4.78 is 18.3. The van der Waals surface area contributed by atoms with Crippen molar-refractivity contribution in [3.05, 3.63) is 29.6 Å². The number of nitrogens with one attached hydrogen (secondary N) is 1. The van der Waals surface area contributed by atoms with Gasteiger partial charge in [-0.05, 0) is 50.1 Å². The van der Waals surface area contributed by atoms with E-state index in [0.717, 1.165) is 18.5 Å². The van der Waals surface area contributed by atoms with Gasteiger partial charge in [-0.25, -0.2) is 4.39 Å². The van der Waals surface area contributed by atoms with Crippen molar-refractivity contribution < 1.29 is 9.13 Å². The Hall–Kier alpha value is -1.13. The highest BCUT2D eigenvalue weighted by Crippen LogP contribution is 2.15. The minimum Gasteiger partial charge on any atom is -0.383 e. The number of nitrogens with two attached hydrogens (primary N) is 1. The lowest BCUT2D eigenvalue weighted by atomic mass is 10.1. The number of halogens is 1. The van der Waals surface area contributed by atoms with Gasteiger partial charge in [0.2, 0.25) is 0 Å². The van der Waals surface area contributed by atoms with E-state index in [1.54, 1.807) is 26.2 Å². The monoisotopic (exact) mass is 240 g/mol. The van der Waals surface area contributed by atoms with Crippen molar-refractivity contribution >= 4 is 5.69 Å². The maximum Gasteiger partial charge on any atom is 0.126 e. The first-order valence-corrected chi connectivity index (χ1v) is 5.89. The number of anilines is 1. The van der Waals surface area contributed by atoms with Crippen LogP contribution in [-0.4, -0.2) is 26.3 Å². The molecule has 96 valence electrons. The van der Waals surface area contributed by atoms with Crippen molar-refractivity contribution in [1.29, 1.82) is 0 Å². The zero-order valence-corrected chi connectivity index (χ0v) is 10.5. The molecule has 0 bridgehead atoms. The van der Waals surface area contributed by atoms with Crippen LogP contribution in [0.3, 0.4) is 0 Å². The van der Waals surface area contributed by atoms with Crippen molar-refractivity contribution in [2.75, 3.05) is 25.6 Å². The number of ether oxygens (including phenoxy) is 1. The summed E-state index contributed by atoms with van der Waals surface area (Å²) in [6.07, 6.45) is 1.89. The maximum absolute atomic E-state index is 13.1. The second kappa shape index (κ2) is 7.25. The van der Waals surface area contributed by atoms with Gasteiger partial charge in [0.1, 0.15) is 5.82 Å². The molecule has 0 aliphatic rings. The number of methoxy groups -OCH3 is 1. The lowest BCUT2D eigenvalue weighted by Gasteiger charge is -2.19. The number of rotatable bonds is 7. The predicted molar refractivity (Wildman–Crippen MR) is 68.7 cm³/mol. The van der Waals surface area contributed by atoms with E-state index in [9.17, 15) is 4.39 Å². The van der Waals surface area contributed by atoms with Crippen LogP contribution in [0.15, 0.2) is 18.2 Å². The zero-order valence-electron chi connectivity index (χ0n) is 10.5. The van der Waals surface area contributed by atoms with Crippen LogP contribution >= 0.6 is 0 Å². The number of hydrogen-bond donors (Lipinski definition) is 2. The van der Waals surface area contributed by atoms with Gasteiger partial charge in [-0.15, -0.1) is 0 Å².